The maximum absolute atomic E-state index is 12.4. The van der Waals surface area contributed by atoms with E-state index in [2.05, 4.69) is 25.5 Å². The Morgan fingerprint density at radius 1 is 1.19 bits per heavy atom. The zero-order chi connectivity index (χ0) is 22.0. The van der Waals surface area contributed by atoms with Gasteiger partial charge in [-0.15, -0.1) is 24.0 Å². The summed E-state index contributed by atoms with van der Waals surface area (Å²) in [4.78, 5) is 4.45. The maximum atomic E-state index is 12.4. The lowest BCUT2D eigenvalue weighted by Gasteiger charge is -2.13. The Kier molecular flexibility index (Phi) is 12.0. The van der Waals surface area contributed by atoms with Gasteiger partial charge < -0.3 is 19.9 Å². The predicted octanol–water partition coefficient (Wildman–Crippen LogP) is 2.21. The molecule has 0 aliphatic heterocycles. The van der Waals surface area contributed by atoms with E-state index in [1.807, 2.05) is 19.9 Å². The van der Waals surface area contributed by atoms with Crippen LogP contribution in [0.1, 0.15) is 36.4 Å². The minimum absolute atomic E-state index is 0. The number of hydrogen-bond donors (Lipinski definition) is 3. The summed E-state index contributed by atoms with van der Waals surface area (Å²) in [6, 6.07) is 6.78. The fourth-order valence-corrected chi connectivity index (χ4v) is 3.98. The molecule has 9 nitrogen and oxygen atoms in total. The first kappa shape index (κ1) is 27.3. The number of guanidine groups is 1. The van der Waals surface area contributed by atoms with Crippen molar-refractivity contribution in [2.45, 2.75) is 44.7 Å². The first-order valence-corrected chi connectivity index (χ1v) is 11.4. The van der Waals surface area contributed by atoms with Gasteiger partial charge in [0.1, 0.15) is 5.76 Å². The standard InChI is InChI=1S/C20H31N5O4S.HI/c1-5-18-17(19(6-2)29-25-18)14-23-20(21-3)22-13-15-8-7-9-16(12-15)30(26,27)24-10-11-28-4;/h7-9,12,24H,5-6,10-11,13-14H2,1-4H3,(H2,21,22,23);1H. The molecule has 0 saturated heterocycles. The molecule has 3 N–H and O–H groups in total. The number of benzene rings is 1. The molecule has 1 aromatic carbocycles. The summed E-state index contributed by atoms with van der Waals surface area (Å²) in [6.07, 6.45) is 1.57. The number of methoxy groups -OCH3 is 1. The molecule has 0 atom stereocenters. The van der Waals surface area contributed by atoms with E-state index in [0.29, 0.717) is 25.7 Å². The van der Waals surface area contributed by atoms with E-state index in [4.69, 9.17) is 9.26 Å². The monoisotopic (exact) mass is 565 g/mol. The summed E-state index contributed by atoms with van der Waals surface area (Å²) in [6.45, 7) is 5.58. The second-order valence-corrected chi connectivity index (χ2v) is 8.32. The fourth-order valence-electron chi connectivity index (χ4n) is 2.90. The van der Waals surface area contributed by atoms with Gasteiger partial charge in [-0.3, -0.25) is 4.99 Å². The number of sulfonamides is 1. The van der Waals surface area contributed by atoms with E-state index in [0.717, 1.165) is 35.4 Å². The van der Waals surface area contributed by atoms with Crippen LogP contribution >= 0.6 is 24.0 Å². The van der Waals surface area contributed by atoms with Crippen molar-refractivity contribution in [3.63, 3.8) is 0 Å². The van der Waals surface area contributed by atoms with Gasteiger partial charge in [-0.25, -0.2) is 13.1 Å². The molecule has 174 valence electrons. The van der Waals surface area contributed by atoms with E-state index < -0.39 is 10.0 Å². The summed E-state index contributed by atoms with van der Waals surface area (Å²) >= 11 is 0. The number of rotatable bonds is 11. The normalized spacial score (nSPS) is 11.8. The van der Waals surface area contributed by atoms with Crippen LogP contribution in [0.3, 0.4) is 0 Å². The Balaban J connectivity index is 0.00000480. The van der Waals surface area contributed by atoms with Gasteiger partial charge in [0.25, 0.3) is 0 Å². The van der Waals surface area contributed by atoms with E-state index in [-0.39, 0.29) is 35.4 Å². The van der Waals surface area contributed by atoms with Gasteiger partial charge in [0, 0.05) is 45.8 Å². The molecule has 0 aliphatic rings. The third-order valence-electron chi connectivity index (χ3n) is 4.53. The highest BCUT2D eigenvalue weighted by atomic mass is 127. The van der Waals surface area contributed by atoms with E-state index in [1.165, 1.54) is 7.11 Å². The number of aliphatic imine (C=N–C) groups is 1. The quantitative estimate of drug-likeness (QED) is 0.166. The summed E-state index contributed by atoms with van der Waals surface area (Å²) in [5.41, 5.74) is 2.81. The van der Waals surface area contributed by atoms with Crippen LogP contribution in [0, 0.1) is 0 Å². The molecule has 0 radical (unpaired) electrons. The third kappa shape index (κ3) is 8.05. The van der Waals surface area contributed by atoms with Crippen molar-refractivity contribution >= 4 is 40.0 Å². The lowest BCUT2D eigenvalue weighted by Crippen LogP contribution is -2.36. The molecular formula is C20H32IN5O4S. The first-order valence-electron chi connectivity index (χ1n) is 9.93. The Hall–Kier alpha value is -1.70. The second kappa shape index (κ2) is 13.7. The molecule has 1 heterocycles. The number of halogens is 1. The number of aromatic nitrogens is 1. The molecule has 0 unspecified atom stereocenters. The van der Waals surface area contributed by atoms with Gasteiger partial charge >= 0.3 is 0 Å². The number of ether oxygens (including phenoxy) is 1. The Morgan fingerprint density at radius 3 is 2.58 bits per heavy atom. The zero-order valence-corrected chi connectivity index (χ0v) is 21.5. The van der Waals surface area contributed by atoms with Crippen molar-refractivity contribution < 1.29 is 17.7 Å². The topological polar surface area (TPSA) is 118 Å². The van der Waals surface area contributed by atoms with Crippen molar-refractivity contribution in [2.75, 3.05) is 27.3 Å². The summed E-state index contributed by atoms with van der Waals surface area (Å²) in [5.74, 6) is 1.47. The van der Waals surface area contributed by atoms with Crippen molar-refractivity contribution in [3.8, 4) is 0 Å². The third-order valence-corrected chi connectivity index (χ3v) is 5.99. The molecule has 0 bridgehead atoms. The van der Waals surface area contributed by atoms with Crippen LogP contribution in [-0.4, -0.2) is 46.8 Å². The minimum Gasteiger partial charge on any atom is -0.383 e. The van der Waals surface area contributed by atoms with Crippen molar-refractivity contribution in [2.24, 2.45) is 4.99 Å². The largest absolute Gasteiger partial charge is 0.383 e. The SMILES string of the molecule is CCc1noc(CC)c1CNC(=NC)NCc1cccc(S(=O)(=O)NCCOC)c1.I. The summed E-state index contributed by atoms with van der Waals surface area (Å²) in [5, 5.41) is 10.6. The fraction of sp³-hybridized carbons (Fsp3) is 0.500. The van der Waals surface area contributed by atoms with Crippen LogP contribution in [-0.2, 0) is 40.7 Å². The van der Waals surface area contributed by atoms with Crippen LogP contribution in [0.4, 0.5) is 0 Å². The highest BCUT2D eigenvalue weighted by Gasteiger charge is 2.15. The maximum Gasteiger partial charge on any atom is 0.240 e. The average molecular weight is 565 g/mol. The number of aryl methyl sites for hydroxylation is 2. The zero-order valence-electron chi connectivity index (χ0n) is 18.4. The first-order chi connectivity index (χ1) is 14.4. The number of hydrogen-bond acceptors (Lipinski definition) is 6. The molecular weight excluding hydrogens is 533 g/mol. The lowest BCUT2D eigenvalue weighted by atomic mass is 10.1. The number of nitrogens with one attached hydrogen (secondary N) is 3. The molecule has 11 heteroatoms. The van der Waals surface area contributed by atoms with Gasteiger partial charge in [0.2, 0.25) is 10.0 Å². The van der Waals surface area contributed by atoms with E-state index >= 15 is 0 Å². The molecule has 0 aliphatic carbocycles. The average Bonchev–Trinajstić information content (AvgIpc) is 3.16. The van der Waals surface area contributed by atoms with E-state index in [1.54, 1.807) is 25.2 Å². The smallest absolute Gasteiger partial charge is 0.240 e. The Morgan fingerprint density at radius 2 is 1.94 bits per heavy atom. The molecule has 1 aromatic heterocycles. The van der Waals surface area contributed by atoms with E-state index in [9.17, 15) is 8.42 Å². The highest BCUT2D eigenvalue weighted by molar-refractivity contribution is 14.0. The molecule has 31 heavy (non-hydrogen) atoms. The van der Waals surface area contributed by atoms with Crippen molar-refractivity contribution in [1.82, 2.24) is 20.5 Å². The molecule has 2 rings (SSSR count). The van der Waals surface area contributed by atoms with Crippen LogP contribution in [0.15, 0.2) is 38.7 Å². The molecule has 0 saturated carbocycles. The molecule has 2 aromatic rings. The number of nitrogens with zero attached hydrogens (tertiary/aromatic N) is 2. The lowest BCUT2D eigenvalue weighted by molar-refractivity contribution is 0.204. The second-order valence-electron chi connectivity index (χ2n) is 6.56. The van der Waals surface area contributed by atoms with Gasteiger partial charge in [-0.2, -0.15) is 0 Å². The van der Waals surface area contributed by atoms with Gasteiger partial charge in [0.05, 0.1) is 17.2 Å². The highest BCUT2D eigenvalue weighted by Crippen LogP contribution is 2.15. The molecule has 0 amide bonds. The molecule has 0 spiro atoms. The predicted molar refractivity (Wildman–Crippen MR) is 131 cm³/mol. The van der Waals surface area contributed by atoms with Crippen LogP contribution in [0.25, 0.3) is 0 Å². The summed E-state index contributed by atoms with van der Waals surface area (Å²) in [7, 11) is -0.365. The molecule has 0 fully saturated rings. The van der Waals surface area contributed by atoms with Crippen LogP contribution in [0.2, 0.25) is 0 Å². The van der Waals surface area contributed by atoms with Gasteiger partial charge in [-0.1, -0.05) is 31.1 Å². The van der Waals surface area contributed by atoms with Gasteiger partial charge in [0.15, 0.2) is 5.96 Å². The van der Waals surface area contributed by atoms with Crippen molar-refractivity contribution in [1.29, 1.82) is 0 Å². The Bertz CT molecular complexity index is 925. The van der Waals surface area contributed by atoms with Crippen LogP contribution in [0.5, 0.6) is 0 Å². The van der Waals surface area contributed by atoms with Gasteiger partial charge in [-0.05, 0) is 24.1 Å². The van der Waals surface area contributed by atoms with Crippen LogP contribution < -0.4 is 15.4 Å². The minimum atomic E-state index is -3.58. The van der Waals surface area contributed by atoms with Crippen molar-refractivity contribution in [3.05, 3.63) is 46.8 Å². The Labute approximate surface area is 201 Å². The summed E-state index contributed by atoms with van der Waals surface area (Å²) < 4.78 is 37.5.